The molecule has 1 heterocycles. The molecule has 0 bridgehead atoms. The molecule has 3 aliphatic carbocycles. The molecule has 0 radical (unpaired) electrons. The van der Waals surface area contributed by atoms with Crippen LogP contribution in [0.15, 0.2) is 33.0 Å². The summed E-state index contributed by atoms with van der Waals surface area (Å²) in [6.45, 7) is 0.523. The van der Waals surface area contributed by atoms with Gasteiger partial charge in [0.1, 0.15) is 0 Å². The number of hydrogen-bond donors (Lipinski definition) is 2. The Balaban J connectivity index is 1.36. The molecule has 4 aliphatic rings. The molecule has 1 saturated carbocycles. The molecule has 2 atom stereocenters. The molecule has 0 aromatic heterocycles. The van der Waals surface area contributed by atoms with Crippen molar-refractivity contribution in [2.75, 3.05) is 6.54 Å². The second-order valence-electron chi connectivity index (χ2n) is 5.96. The van der Waals surface area contributed by atoms with Crippen LogP contribution < -0.4 is 5.32 Å². The normalized spacial score (nSPS) is 30.4. The van der Waals surface area contributed by atoms with E-state index in [1.807, 2.05) is 6.08 Å². The van der Waals surface area contributed by atoms with Gasteiger partial charge in [-0.2, -0.15) is 0 Å². The summed E-state index contributed by atoms with van der Waals surface area (Å²) in [6, 6.07) is 0. The topological polar surface area (TPSA) is 74.0 Å². The summed E-state index contributed by atoms with van der Waals surface area (Å²) in [6.07, 6.45) is 6.78. The first-order valence-electron chi connectivity index (χ1n) is 7.31. The van der Waals surface area contributed by atoms with Crippen LogP contribution >= 0.6 is 0 Å². The maximum atomic E-state index is 12.2. The number of nitrogens with zero attached hydrogens (tertiary/aromatic N) is 2. The molecule has 1 fully saturated rings. The number of amides is 1. The summed E-state index contributed by atoms with van der Waals surface area (Å²) in [7, 11) is 0. The second kappa shape index (κ2) is 4.38. The average molecular weight is 271 g/mol. The van der Waals surface area contributed by atoms with Crippen molar-refractivity contribution in [3.05, 3.63) is 22.8 Å². The van der Waals surface area contributed by atoms with Crippen LogP contribution in [0.2, 0.25) is 0 Å². The monoisotopic (exact) mass is 271 g/mol. The van der Waals surface area contributed by atoms with Gasteiger partial charge in [0.25, 0.3) is 5.91 Å². The fourth-order valence-electron chi connectivity index (χ4n) is 3.28. The van der Waals surface area contributed by atoms with E-state index in [4.69, 9.17) is 0 Å². The Kier molecular flexibility index (Phi) is 2.63. The molecule has 2 N–H and O–H groups in total. The van der Waals surface area contributed by atoms with E-state index in [0.29, 0.717) is 12.3 Å². The quantitative estimate of drug-likeness (QED) is 0.806. The van der Waals surface area contributed by atoms with E-state index in [0.717, 1.165) is 43.4 Å². The van der Waals surface area contributed by atoms with E-state index >= 15 is 0 Å². The number of hydrogen-bond acceptors (Lipinski definition) is 4. The van der Waals surface area contributed by atoms with E-state index in [2.05, 4.69) is 15.5 Å². The van der Waals surface area contributed by atoms with E-state index in [1.54, 1.807) is 0 Å². The van der Waals surface area contributed by atoms with Crippen molar-refractivity contribution in [3.8, 4) is 0 Å². The summed E-state index contributed by atoms with van der Waals surface area (Å²) in [5.41, 5.74) is 4.74. The third-order valence-electron chi connectivity index (χ3n) is 4.60. The number of fused-ring (bicyclic) bond motifs is 2. The van der Waals surface area contributed by atoms with Crippen molar-refractivity contribution in [1.29, 1.82) is 0 Å². The van der Waals surface area contributed by atoms with Crippen LogP contribution in [-0.2, 0) is 4.79 Å². The van der Waals surface area contributed by atoms with E-state index in [1.165, 1.54) is 11.1 Å². The predicted molar refractivity (Wildman–Crippen MR) is 75.6 cm³/mol. The van der Waals surface area contributed by atoms with Gasteiger partial charge in [0.15, 0.2) is 5.71 Å². The van der Waals surface area contributed by atoms with Gasteiger partial charge >= 0.3 is 0 Å². The molecule has 5 heteroatoms. The fourth-order valence-corrected chi connectivity index (χ4v) is 3.28. The molecule has 0 saturated heterocycles. The summed E-state index contributed by atoms with van der Waals surface area (Å²) in [4.78, 5) is 12.2. The van der Waals surface area contributed by atoms with Crippen molar-refractivity contribution in [2.24, 2.45) is 16.1 Å². The zero-order valence-electron chi connectivity index (χ0n) is 11.2. The lowest BCUT2D eigenvalue weighted by Gasteiger charge is -2.27. The minimum absolute atomic E-state index is 0.171. The minimum atomic E-state index is -0.286. The van der Waals surface area contributed by atoms with Gasteiger partial charge in [0, 0.05) is 24.5 Å². The molecular formula is C15H17N3O2. The van der Waals surface area contributed by atoms with Gasteiger partial charge in [-0.3, -0.25) is 4.79 Å². The number of allylic oxidation sites excluding steroid dienone is 3. The Hall–Kier alpha value is -1.75. The number of aliphatic hydroxyl groups excluding tert-OH is 1. The van der Waals surface area contributed by atoms with Gasteiger partial charge in [0.2, 0.25) is 0 Å². The van der Waals surface area contributed by atoms with Crippen LogP contribution in [0.5, 0.6) is 0 Å². The first kappa shape index (κ1) is 12.0. The van der Waals surface area contributed by atoms with Gasteiger partial charge in [0.05, 0.1) is 11.8 Å². The summed E-state index contributed by atoms with van der Waals surface area (Å²) in [5.74, 6) is 0.0000701. The zero-order valence-corrected chi connectivity index (χ0v) is 11.2. The van der Waals surface area contributed by atoms with Gasteiger partial charge in [-0.05, 0) is 30.1 Å². The summed E-state index contributed by atoms with van der Waals surface area (Å²) in [5, 5.41) is 20.9. The molecule has 5 nitrogen and oxygen atoms in total. The van der Waals surface area contributed by atoms with Gasteiger partial charge in [-0.15, -0.1) is 10.2 Å². The van der Waals surface area contributed by atoms with Gasteiger partial charge in [-0.1, -0.05) is 12.8 Å². The average Bonchev–Trinajstić information content (AvgIpc) is 2.93. The minimum Gasteiger partial charge on any atom is -0.393 e. The summed E-state index contributed by atoms with van der Waals surface area (Å²) < 4.78 is 0. The fraction of sp³-hybridized carbons (Fsp3) is 0.533. The molecule has 0 spiro atoms. The van der Waals surface area contributed by atoms with Crippen molar-refractivity contribution in [1.82, 2.24) is 5.32 Å². The van der Waals surface area contributed by atoms with Crippen molar-refractivity contribution >= 4 is 17.3 Å². The van der Waals surface area contributed by atoms with Gasteiger partial charge < -0.3 is 10.4 Å². The van der Waals surface area contributed by atoms with Crippen LogP contribution in [0.4, 0.5) is 0 Å². The molecule has 0 aromatic carbocycles. The van der Waals surface area contributed by atoms with Crippen molar-refractivity contribution < 1.29 is 9.90 Å². The Bertz CT molecular complexity index is 613. The first-order chi connectivity index (χ1) is 9.74. The molecule has 1 aliphatic heterocycles. The van der Waals surface area contributed by atoms with Crippen molar-refractivity contribution in [3.63, 3.8) is 0 Å². The first-order valence-corrected chi connectivity index (χ1v) is 7.31. The second-order valence-corrected chi connectivity index (χ2v) is 5.96. The number of carbonyl (C=O) groups excluding carboxylic acids is 1. The van der Waals surface area contributed by atoms with Crippen LogP contribution in [0.3, 0.4) is 0 Å². The Morgan fingerprint density at radius 3 is 3.05 bits per heavy atom. The van der Waals surface area contributed by atoms with Gasteiger partial charge in [-0.25, -0.2) is 0 Å². The lowest BCUT2D eigenvalue weighted by atomic mass is 9.86. The van der Waals surface area contributed by atoms with Crippen LogP contribution in [0.1, 0.15) is 32.1 Å². The highest BCUT2D eigenvalue weighted by atomic mass is 16.3. The van der Waals surface area contributed by atoms with E-state index < -0.39 is 0 Å². The SMILES string of the molecule is O=C(NC[C@H]1CCCC[C@@H]1O)C1=NN=C2C1=CC1=C2C1. The van der Waals surface area contributed by atoms with Crippen LogP contribution in [0.25, 0.3) is 0 Å². The lowest BCUT2D eigenvalue weighted by Crippen LogP contribution is -2.40. The van der Waals surface area contributed by atoms with E-state index in [-0.39, 0.29) is 17.9 Å². The predicted octanol–water partition coefficient (Wildman–Crippen LogP) is 1.10. The lowest BCUT2D eigenvalue weighted by molar-refractivity contribution is -0.115. The third-order valence-corrected chi connectivity index (χ3v) is 4.60. The highest BCUT2D eigenvalue weighted by Gasteiger charge is 2.40. The number of nitrogens with one attached hydrogen (secondary N) is 1. The molecule has 4 rings (SSSR count). The maximum absolute atomic E-state index is 12.2. The molecule has 20 heavy (non-hydrogen) atoms. The maximum Gasteiger partial charge on any atom is 0.272 e. The summed E-state index contributed by atoms with van der Waals surface area (Å²) >= 11 is 0. The largest absolute Gasteiger partial charge is 0.393 e. The molecule has 0 unspecified atom stereocenters. The molecule has 1 amide bonds. The smallest absolute Gasteiger partial charge is 0.272 e. The van der Waals surface area contributed by atoms with Crippen molar-refractivity contribution in [2.45, 2.75) is 38.2 Å². The molecule has 104 valence electrons. The Morgan fingerprint density at radius 1 is 1.35 bits per heavy atom. The van der Waals surface area contributed by atoms with E-state index in [9.17, 15) is 9.90 Å². The number of aliphatic hydroxyl groups is 1. The molecular weight excluding hydrogens is 254 g/mol. The van der Waals surface area contributed by atoms with Crippen LogP contribution in [-0.4, -0.2) is 35.1 Å². The highest BCUT2D eigenvalue weighted by molar-refractivity contribution is 6.56. The number of carbonyl (C=O) groups is 1. The highest BCUT2D eigenvalue weighted by Crippen LogP contribution is 2.43. The van der Waals surface area contributed by atoms with Crippen LogP contribution in [0, 0.1) is 5.92 Å². The zero-order chi connectivity index (χ0) is 13.7. The Morgan fingerprint density at radius 2 is 2.20 bits per heavy atom. The standard InChI is InChI=1S/C15H17N3O2/c19-12-4-2-1-3-8(12)7-16-15(20)14-11-6-9-5-10(9)13(11)17-18-14/h6,8,12,19H,1-5,7H2,(H,16,20)/t8-,12+/m1/s1. The third kappa shape index (κ3) is 1.85. The Labute approximate surface area is 117 Å². The molecule has 0 aromatic rings. The number of rotatable bonds is 3.